The van der Waals surface area contributed by atoms with Gasteiger partial charge in [0.05, 0.1) is 5.56 Å². The number of nitrogens with one attached hydrogen (secondary N) is 1. The molecule has 1 amide bonds. The van der Waals surface area contributed by atoms with Crippen LogP contribution in [0.25, 0.3) is 0 Å². The number of aromatic nitrogens is 1. The van der Waals surface area contributed by atoms with Crippen molar-refractivity contribution in [2.45, 2.75) is 13.5 Å². The predicted molar refractivity (Wildman–Crippen MR) is 75.7 cm³/mol. The molecule has 1 heterocycles. The normalized spacial score (nSPS) is 10.2. The zero-order valence-electron chi connectivity index (χ0n) is 10.7. The topological polar surface area (TPSA) is 94.0 Å². The molecule has 0 saturated carbocycles. The first kappa shape index (κ1) is 12.9. The van der Waals surface area contributed by atoms with Crippen LogP contribution < -0.4 is 16.8 Å². The molecule has 5 heteroatoms. The summed E-state index contributed by atoms with van der Waals surface area (Å²) in [4.78, 5) is 15.4. The average Bonchev–Trinajstić information content (AvgIpc) is 2.37. The Kier molecular flexibility index (Phi) is 3.66. The molecule has 0 aliphatic rings. The van der Waals surface area contributed by atoms with Gasteiger partial charge in [0.2, 0.25) is 0 Å². The highest BCUT2D eigenvalue weighted by Crippen LogP contribution is 2.20. The summed E-state index contributed by atoms with van der Waals surface area (Å²) < 4.78 is 0. The number of nitrogens with zero attached hydrogens (tertiary/aromatic N) is 1. The number of primary amides is 1. The van der Waals surface area contributed by atoms with Gasteiger partial charge in [-0.05, 0) is 42.3 Å². The van der Waals surface area contributed by atoms with Gasteiger partial charge in [-0.15, -0.1) is 0 Å². The smallest absolute Gasteiger partial charge is 0.250 e. The van der Waals surface area contributed by atoms with E-state index in [1.807, 2.05) is 13.0 Å². The molecule has 0 atom stereocenters. The van der Waals surface area contributed by atoms with Crippen LogP contribution in [0.3, 0.4) is 0 Å². The van der Waals surface area contributed by atoms with Crippen molar-refractivity contribution in [3.63, 3.8) is 0 Å². The van der Waals surface area contributed by atoms with E-state index in [4.69, 9.17) is 11.5 Å². The molecule has 2 rings (SSSR count). The van der Waals surface area contributed by atoms with Crippen LogP contribution in [0.5, 0.6) is 0 Å². The Labute approximate surface area is 111 Å². The monoisotopic (exact) mass is 256 g/mol. The van der Waals surface area contributed by atoms with Gasteiger partial charge in [-0.2, -0.15) is 0 Å². The minimum absolute atomic E-state index is 0.431. The van der Waals surface area contributed by atoms with Gasteiger partial charge < -0.3 is 16.8 Å². The number of hydrogen-bond donors (Lipinski definition) is 3. The molecule has 0 radical (unpaired) electrons. The Balaban J connectivity index is 2.22. The molecule has 0 spiro atoms. The second kappa shape index (κ2) is 5.39. The number of carbonyl (C=O) groups is 1. The molecule has 0 bridgehead atoms. The summed E-state index contributed by atoms with van der Waals surface area (Å²) in [6.45, 7) is 2.57. The third-order valence-corrected chi connectivity index (χ3v) is 2.91. The number of benzene rings is 1. The largest absolute Gasteiger partial charge is 0.399 e. The zero-order valence-corrected chi connectivity index (χ0v) is 10.7. The SMILES string of the molecule is Cc1cnccc1CNc1cc(N)ccc1C(N)=O. The summed E-state index contributed by atoms with van der Waals surface area (Å²) >= 11 is 0. The number of anilines is 2. The van der Waals surface area contributed by atoms with Gasteiger partial charge in [-0.25, -0.2) is 0 Å². The van der Waals surface area contributed by atoms with Gasteiger partial charge in [0, 0.05) is 30.3 Å². The first-order valence-electron chi connectivity index (χ1n) is 5.90. The van der Waals surface area contributed by atoms with Crippen LogP contribution in [0.4, 0.5) is 11.4 Å². The van der Waals surface area contributed by atoms with E-state index in [1.54, 1.807) is 30.6 Å². The number of rotatable bonds is 4. The van der Waals surface area contributed by atoms with Gasteiger partial charge in [0.15, 0.2) is 0 Å². The lowest BCUT2D eigenvalue weighted by atomic mass is 10.1. The number of aryl methyl sites for hydroxylation is 1. The van der Waals surface area contributed by atoms with Crippen LogP contribution in [0.1, 0.15) is 21.5 Å². The van der Waals surface area contributed by atoms with Crippen molar-refractivity contribution in [3.05, 3.63) is 53.3 Å². The Hall–Kier alpha value is -2.56. The first-order chi connectivity index (χ1) is 9.08. The number of hydrogen-bond acceptors (Lipinski definition) is 4. The third kappa shape index (κ3) is 3.01. The van der Waals surface area contributed by atoms with E-state index in [0.717, 1.165) is 11.1 Å². The standard InChI is InChI=1S/C14H16N4O/c1-9-7-17-5-4-10(9)8-18-13-6-11(15)2-3-12(13)14(16)19/h2-7,18H,8,15H2,1H3,(H2,16,19). The molecular weight excluding hydrogens is 240 g/mol. The van der Waals surface area contributed by atoms with Gasteiger partial charge in [-0.1, -0.05) is 0 Å². The van der Waals surface area contributed by atoms with Crippen molar-refractivity contribution < 1.29 is 4.79 Å². The fourth-order valence-electron chi connectivity index (χ4n) is 1.81. The molecule has 0 saturated heterocycles. The molecule has 2 aromatic rings. The number of nitrogens with two attached hydrogens (primary N) is 2. The van der Waals surface area contributed by atoms with E-state index < -0.39 is 5.91 Å². The molecule has 1 aromatic heterocycles. The third-order valence-electron chi connectivity index (χ3n) is 2.91. The van der Waals surface area contributed by atoms with E-state index in [2.05, 4.69) is 10.3 Å². The molecule has 5 N–H and O–H groups in total. The molecule has 19 heavy (non-hydrogen) atoms. The Morgan fingerprint density at radius 1 is 1.37 bits per heavy atom. The second-order valence-corrected chi connectivity index (χ2v) is 4.32. The summed E-state index contributed by atoms with van der Waals surface area (Å²) in [5.74, 6) is -0.478. The Morgan fingerprint density at radius 3 is 2.84 bits per heavy atom. The molecule has 0 aliphatic carbocycles. The number of carbonyl (C=O) groups excluding carboxylic acids is 1. The highest BCUT2D eigenvalue weighted by atomic mass is 16.1. The summed E-state index contributed by atoms with van der Waals surface area (Å²) in [5.41, 5.74) is 14.9. The summed E-state index contributed by atoms with van der Waals surface area (Å²) in [6.07, 6.45) is 3.53. The molecule has 5 nitrogen and oxygen atoms in total. The minimum atomic E-state index is -0.478. The van der Waals surface area contributed by atoms with Crippen molar-refractivity contribution in [2.24, 2.45) is 5.73 Å². The zero-order chi connectivity index (χ0) is 13.8. The van der Waals surface area contributed by atoms with Gasteiger partial charge in [0.25, 0.3) is 5.91 Å². The number of pyridine rings is 1. The second-order valence-electron chi connectivity index (χ2n) is 4.32. The maximum Gasteiger partial charge on any atom is 0.250 e. The van der Waals surface area contributed by atoms with E-state index in [-0.39, 0.29) is 0 Å². The molecule has 1 aromatic carbocycles. The quantitative estimate of drug-likeness (QED) is 0.725. The lowest BCUT2D eigenvalue weighted by molar-refractivity contribution is 0.100. The molecule has 0 fully saturated rings. The van der Waals surface area contributed by atoms with Gasteiger partial charge >= 0.3 is 0 Å². The van der Waals surface area contributed by atoms with Crippen molar-refractivity contribution in [1.29, 1.82) is 0 Å². The Morgan fingerprint density at radius 2 is 2.16 bits per heavy atom. The van der Waals surface area contributed by atoms with Crippen LogP contribution in [0.15, 0.2) is 36.7 Å². The molecule has 0 aliphatic heterocycles. The summed E-state index contributed by atoms with van der Waals surface area (Å²) in [7, 11) is 0. The maximum atomic E-state index is 11.3. The number of nitrogen functional groups attached to an aromatic ring is 1. The fraction of sp³-hybridized carbons (Fsp3) is 0.143. The van der Waals surface area contributed by atoms with E-state index >= 15 is 0 Å². The number of amides is 1. The predicted octanol–water partition coefficient (Wildman–Crippen LogP) is 1.68. The van der Waals surface area contributed by atoms with Crippen LogP contribution in [0.2, 0.25) is 0 Å². The minimum Gasteiger partial charge on any atom is -0.399 e. The highest BCUT2D eigenvalue weighted by molar-refractivity contribution is 5.99. The molecular formula is C14H16N4O. The highest BCUT2D eigenvalue weighted by Gasteiger charge is 2.08. The van der Waals surface area contributed by atoms with Crippen LogP contribution >= 0.6 is 0 Å². The molecule has 98 valence electrons. The van der Waals surface area contributed by atoms with Crippen LogP contribution in [0, 0.1) is 6.92 Å². The van der Waals surface area contributed by atoms with Gasteiger partial charge in [0.1, 0.15) is 0 Å². The lowest BCUT2D eigenvalue weighted by Gasteiger charge is -2.12. The van der Waals surface area contributed by atoms with Crippen molar-refractivity contribution in [1.82, 2.24) is 4.98 Å². The van der Waals surface area contributed by atoms with E-state index in [0.29, 0.717) is 23.5 Å². The average molecular weight is 256 g/mol. The summed E-state index contributed by atoms with van der Waals surface area (Å²) in [5, 5.41) is 3.18. The van der Waals surface area contributed by atoms with Crippen molar-refractivity contribution in [3.8, 4) is 0 Å². The Bertz CT molecular complexity index is 610. The maximum absolute atomic E-state index is 11.3. The van der Waals surface area contributed by atoms with E-state index in [9.17, 15) is 4.79 Å². The molecule has 0 unspecified atom stereocenters. The summed E-state index contributed by atoms with van der Waals surface area (Å²) in [6, 6.07) is 6.91. The fourth-order valence-corrected chi connectivity index (χ4v) is 1.81. The van der Waals surface area contributed by atoms with Crippen molar-refractivity contribution in [2.75, 3.05) is 11.1 Å². The lowest BCUT2D eigenvalue weighted by Crippen LogP contribution is -2.15. The van der Waals surface area contributed by atoms with Crippen LogP contribution in [-0.4, -0.2) is 10.9 Å². The first-order valence-corrected chi connectivity index (χ1v) is 5.90. The van der Waals surface area contributed by atoms with Gasteiger partial charge in [-0.3, -0.25) is 9.78 Å². The van der Waals surface area contributed by atoms with Crippen LogP contribution in [-0.2, 0) is 6.54 Å². The van der Waals surface area contributed by atoms with E-state index in [1.165, 1.54) is 0 Å². The van der Waals surface area contributed by atoms with Crippen molar-refractivity contribution >= 4 is 17.3 Å².